The van der Waals surface area contributed by atoms with Crippen LogP contribution >= 0.6 is 0 Å². The lowest BCUT2D eigenvalue weighted by Gasteiger charge is -2.32. The number of hydrogen-bond acceptors (Lipinski definition) is 1. The fourth-order valence-corrected chi connectivity index (χ4v) is 7.62. The lowest BCUT2D eigenvalue weighted by atomic mass is 9.87. The summed E-state index contributed by atoms with van der Waals surface area (Å²) in [5.74, 6) is 0. The van der Waals surface area contributed by atoms with Crippen LogP contribution in [0.3, 0.4) is 0 Å². The average molecular weight is 676 g/mol. The van der Waals surface area contributed by atoms with Gasteiger partial charge in [-0.2, -0.15) is 0 Å². The maximum absolute atomic E-state index is 2.49. The molecule has 0 radical (unpaired) electrons. The van der Waals surface area contributed by atoms with Crippen molar-refractivity contribution in [1.29, 1.82) is 0 Å². The van der Waals surface area contributed by atoms with Crippen LogP contribution in [-0.4, -0.2) is 0 Å². The molecule has 1 nitrogen and oxygen atoms in total. The largest absolute Gasteiger partial charge is 0.309 e. The van der Waals surface area contributed by atoms with E-state index in [1.165, 1.54) is 55.3 Å². The van der Waals surface area contributed by atoms with E-state index in [2.05, 4.69) is 229 Å². The number of benzene rings is 9. The van der Waals surface area contributed by atoms with Crippen LogP contribution in [0.15, 0.2) is 224 Å². The second-order valence-electron chi connectivity index (χ2n) is 13.3. The summed E-state index contributed by atoms with van der Waals surface area (Å²) in [6, 6.07) is 80.9. The van der Waals surface area contributed by atoms with E-state index in [1.54, 1.807) is 0 Å². The normalized spacial score (nSPS) is 11.0. The van der Waals surface area contributed by atoms with Crippen molar-refractivity contribution in [3.8, 4) is 55.6 Å². The van der Waals surface area contributed by atoms with E-state index in [4.69, 9.17) is 0 Å². The molecular formula is C52H37N. The predicted molar refractivity (Wildman–Crippen MR) is 226 cm³/mol. The van der Waals surface area contributed by atoms with Crippen LogP contribution in [0.5, 0.6) is 0 Å². The van der Waals surface area contributed by atoms with Gasteiger partial charge in [-0.15, -0.1) is 0 Å². The molecule has 53 heavy (non-hydrogen) atoms. The Morgan fingerprint density at radius 1 is 0.226 bits per heavy atom. The lowest BCUT2D eigenvalue weighted by molar-refractivity contribution is 1.30. The summed E-state index contributed by atoms with van der Waals surface area (Å²) in [4.78, 5) is 2.49. The van der Waals surface area contributed by atoms with Gasteiger partial charge in [0.15, 0.2) is 0 Å². The highest BCUT2D eigenvalue weighted by Gasteiger charge is 2.25. The molecule has 0 saturated carbocycles. The third kappa shape index (κ3) is 6.20. The molecule has 0 bridgehead atoms. The molecule has 0 unspecified atom stereocenters. The Bertz CT molecular complexity index is 2640. The summed E-state index contributed by atoms with van der Waals surface area (Å²) in [5, 5.41) is 2.39. The Morgan fingerprint density at radius 3 is 1.36 bits per heavy atom. The smallest absolute Gasteiger partial charge is 0.0547 e. The average Bonchev–Trinajstić information content (AvgIpc) is 3.25. The molecule has 9 rings (SSSR count). The molecule has 0 aliphatic heterocycles. The quantitative estimate of drug-likeness (QED) is 0.155. The second kappa shape index (κ2) is 14.3. The highest BCUT2D eigenvalue weighted by Crippen LogP contribution is 2.50. The summed E-state index contributed by atoms with van der Waals surface area (Å²) in [6.45, 7) is 0. The molecule has 9 aromatic carbocycles. The van der Waals surface area contributed by atoms with Crippen molar-refractivity contribution in [3.63, 3.8) is 0 Å². The summed E-state index contributed by atoms with van der Waals surface area (Å²) in [5.41, 5.74) is 15.2. The van der Waals surface area contributed by atoms with Crippen molar-refractivity contribution in [2.75, 3.05) is 4.90 Å². The van der Waals surface area contributed by atoms with Gasteiger partial charge < -0.3 is 4.90 Å². The Morgan fingerprint density at radius 2 is 0.642 bits per heavy atom. The van der Waals surface area contributed by atoms with Crippen LogP contribution in [0.1, 0.15) is 0 Å². The van der Waals surface area contributed by atoms with Crippen molar-refractivity contribution in [2.45, 2.75) is 0 Å². The molecule has 0 aromatic heterocycles. The van der Waals surface area contributed by atoms with Gasteiger partial charge in [0, 0.05) is 16.5 Å². The van der Waals surface area contributed by atoms with Crippen molar-refractivity contribution < 1.29 is 0 Å². The number of para-hydroxylation sites is 1. The second-order valence-corrected chi connectivity index (χ2v) is 13.3. The van der Waals surface area contributed by atoms with Gasteiger partial charge in [-0.25, -0.2) is 0 Å². The molecule has 9 aromatic rings. The number of hydrogen-bond donors (Lipinski definition) is 0. The molecular weight excluding hydrogens is 639 g/mol. The van der Waals surface area contributed by atoms with Crippen LogP contribution < -0.4 is 4.90 Å². The first-order valence-electron chi connectivity index (χ1n) is 18.2. The Hall–Kier alpha value is -6.96. The minimum absolute atomic E-state index is 1.11. The Kier molecular flexibility index (Phi) is 8.66. The van der Waals surface area contributed by atoms with E-state index in [0.717, 1.165) is 28.2 Å². The van der Waals surface area contributed by atoms with Gasteiger partial charge in [0.25, 0.3) is 0 Å². The van der Waals surface area contributed by atoms with Gasteiger partial charge in [0.1, 0.15) is 0 Å². The first-order chi connectivity index (χ1) is 26.3. The minimum atomic E-state index is 1.11. The maximum Gasteiger partial charge on any atom is 0.0547 e. The Balaban J connectivity index is 1.34. The third-order valence-corrected chi connectivity index (χ3v) is 10.1. The third-order valence-electron chi connectivity index (χ3n) is 10.1. The van der Waals surface area contributed by atoms with E-state index in [-0.39, 0.29) is 0 Å². The number of anilines is 3. The molecule has 0 heterocycles. The van der Waals surface area contributed by atoms with Gasteiger partial charge in [0.2, 0.25) is 0 Å². The van der Waals surface area contributed by atoms with Crippen LogP contribution in [0.2, 0.25) is 0 Å². The summed E-state index contributed by atoms with van der Waals surface area (Å²) >= 11 is 0. The van der Waals surface area contributed by atoms with E-state index in [9.17, 15) is 0 Å². The van der Waals surface area contributed by atoms with E-state index in [0.29, 0.717) is 0 Å². The van der Waals surface area contributed by atoms with E-state index in [1.807, 2.05) is 0 Å². The first kappa shape index (κ1) is 32.0. The van der Waals surface area contributed by atoms with Crippen LogP contribution in [0.25, 0.3) is 66.4 Å². The number of nitrogens with zero attached hydrogens (tertiary/aromatic N) is 1. The summed E-state index contributed by atoms with van der Waals surface area (Å²) in [7, 11) is 0. The maximum atomic E-state index is 2.49. The van der Waals surface area contributed by atoms with Crippen molar-refractivity contribution in [2.24, 2.45) is 0 Å². The van der Waals surface area contributed by atoms with E-state index >= 15 is 0 Å². The molecule has 1 heteroatoms. The summed E-state index contributed by atoms with van der Waals surface area (Å²) < 4.78 is 0. The zero-order valence-corrected chi connectivity index (χ0v) is 29.3. The van der Waals surface area contributed by atoms with Gasteiger partial charge >= 0.3 is 0 Å². The molecule has 0 saturated heterocycles. The molecule has 0 aliphatic carbocycles. The van der Waals surface area contributed by atoms with Crippen molar-refractivity contribution in [1.82, 2.24) is 0 Å². The molecule has 0 fully saturated rings. The van der Waals surface area contributed by atoms with Gasteiger partial charge in [-0.05, 0) is 68.1 Å². The molecule has 0 atom stereocenters. The fourth-order valence-electron chi connectivity index (χ4n) is 7.62. The van der Waals surface area contributed by atoms with Gasteiger partial charge in [-0.1, -0.05) is 206 Å². The molecule has 0 aliphatic rings. The number of rotatable bonds is 8. The molecule has 0 N–H and O–H groups in total. The monoisotopic (exact) mass is 675 g/mol. The van der Waals surface area contributed by atoms with Crippen LogP contribution in [0, 0.1) is 0 Å². The fraction of sp³-hybridized carbons (Fsp3) is 0. The van der Waals surface area contributed by atoms with Crippen LogP contribution in [-0.2, 0) is 0 Å². The molecule has 0 amide bonds. The SMILES string of the molecule is c1ccc(-c2ccc(-c3ccccc3N(c3cccc(-c4ccccc4)c3-c3ccccc3-c3ccccc3)c3cccc4ccccc34)cc2)cc1. The highest BCUT2D eigenvalue weighted by atomic mass is 15.1. The lowest BCUT2D eigenvalue weighted by Crippen LogP contribution is -2.13. The zero-order valence-electron chi connectivity index (χ0n) is 29.3. The predicted octanol–water partition coefficient (Wildman–Crippen LogP) is 14.6. The minimum Gasteiger partial charge on any atom is -0.309 e. The van der Waals surface area contributed by atoms with Gasteiger partial charge in [-0.3, -0.25) is 0 Å². The van der Waals surface area contributed by atoms with Gasteiger partial charge in [0.05, 0.1) is 17.1 Å². The molecule has 250 valence electrons. The van der Waals surface area contributed by atoms with Crippen LogP contribution in [0.4, 0.5) is 17.1 Å². The topological polar surface area (TPSA) is 3.24 Å². The van der Waals surface area contributed by atoms with Crippen molar-refractivity contribution >= 4 is 27.8 Å². The van der Waals surface area contributed by atoms with E-state index < -0.39 is 0 Å². The standard InChI is InChI=1S/C52H37N/c1-4-18-38(19-5-1)39-34-36-43(37-35-39)46-28-14-15-31-49(46)53(50-32-16-25-41-24-10-11-27-45(41)50)51-33-17-30-47(42-22-8-3-9-23-42)52(51)48-29-13-12-26-44(48)40-20-6-2-7-21-40/h1-37H. The Labute approximate surface area is 311 Å². The molecule has 0 spiro atoms. The summed E-state index contributed by atoms with van der Waals surface area (Å²) in [6.07, 6.45) is 0. The highest BCUT2D eigenvalue weighted by molar-refractivity contribution is 6.06. The number of fused-ring (bicyclic) bond motifs is 1. The zero-order chi connectivity index (χ0) is 35.4. The van der Waals surface area contributed by atoms with Crippen molar-refractivity contribution in [3.05, 3.63) is 224 Å². The first-order valence-corrected chi connectivity index (χ1v) is 18.2.